The van der Waals surface area contributed by atoms with Gasteiger partial charge in [-0.25, -0.2) is 13.1 Å². The molecule has 6 heteroatoms. The van der Waals surface area contributed by atoms with Crippen molar-refractivity contribution in [3.63, 3.8) is 0 Å². The minimum Gasteiger partial charge on any atom is -0.496 e. The summed E-state index contributed by atoms with van der Waals surface area (Å²) in [6, 6.07) is 14.9. The maximum Gasteiger partial charge on any atom is 0.215 e. The lowest BCUT2D eigenvalue weighted by atomic mass is 10.1. The highest BCUT2D eigenvalue weighted by molar-refractivity contribution is 7.88. The summed E-state index contributed by atoms with van der Waals surface area (Å²) in [4.78, 5) is 0. The molecule has 1 unspecified atom stereocenters. The summed E-state index contributed by atoms with van der Waals surface area (Å²) in [6.45, 7) is 2.11. The third kappa shape index (κ3) is 5.06. The van der Waals surface area contributed by atoms with E-state index in [-0.39, 0.29) is 12.3 Å². The largest absolute Gasteiger partial charge is 0.496 e. The van der Waals surface area contributed by atoms with E-state index in [2.05, 4.69) is 4.72 Å². The van der Waals surface area contributed by atoms with Crippen LogP contribution in [0.25, 0.3) is 0 Å². The summed E-state index contributed by atoms with van der Waals surface area (Å²) in [5.41, 5.74) is 2.65. The molecule has 2 aromatic carbocycles. The van der Waals surface area contributed by atoms with Gasteiger partial charge in [-0.3, -0.25) is 0 Å². The first-order valence-electron chi connectivity index (χ1n) is 7.64. The van der Waals surface area contributed by atoms with Crippen molar-refractivity contribution in [2.24, 2.45) is 0 Å². The number of para-hydroxylation sites is 1. The molecular weight excluding hydrogens is 326 g/mol. The van der Waals surface area contributed by atoms with Crippen molar-refractivity contribution in [3.8, 4) is 5.75 Å². The zero-order chi connectivity index (χ0) is 17.6. The molecule has 0 aromatic heterocycles. The Morgan fingerprint density at radius 3 is 2.33 bits per heavy atom. The third-order valence-corrected chi connectivity index (χ3v) is 5.06. The minimum atomic E-state index is -3.45. The Hall–Kier alpha value is -1.89. The van der Waals surface area contributed by atoms with E-state index < -0.39 is 16.1 Å². The van der Waals surface area contributed by atoms with Crippen LogP contribution in [0.2, 0.25) is 0 Å². The number of sulfonamides is 1. The molecule has 5 nitrogen and oxygen atoms in total. The maximum atomic E-state index is 12.3. The van der Waals surface area contributed by atoms with Gasteiger partial charge in [-0.15, -0.1) is 0 Å². The van der Waals surface area contributed by atoms with Crippen LogP contribution < -0.4 is 9.46 Å². The van der Waals surface area contributed by atoms with Gasteiger partial charge in [-0.2, -0.15) is 0 Å². The van der Waals surface area contributed by atoms with E-state index in [0.717, 1.165) is 16.7 Å². The van der Waals surface area contributed by atoms with Gasteiger partial charge in [-0.05, 0) is 18.6 Å². The van der Waals surface area contributed by atoms with Gasteiger partial charge in [0.25, 0.3) is 0 Å². The summed E-state index contributed by atoms with van der Waals surface area (Å²) in [7, 11) is -0.328. The van der Waals surface area contributed by atoms with E-state index in [9.17, 15) is 8.42 Å². The second kappa shape index (κ2) is 8.28. The Balaban J connectivity index is 2.05. The average molecular weight is 349 g/mol. The number of rotatable bonds is 8. The van der Waals surface area contributed by atoms with E-state index in [0.29, 0.717) is 5.75 Å². The highest BCUT2D eigenvalue weighted by atomic mass is 32.2. The Morgan fingerprint density at radius 1 is 1.04 bits per heavy atom. The van der Waals surface area contributed by atoms with Crippen molar-refractivity contribution in [1.29, 1.82) is 0 Å². The molecule has 0 fully saturated rings. The lowest BCUT2D eigenvalue weighted by Crippen LogP contribution is -2.30. The van der Waals surface area contributed by atoms with Crippen molar-refractivity contribution < 1.29 is 17.9 Å². The Bertz CT molecular complexity index is 757. The van der Waals surface area contributed by atoms with Crippen LogP contribution in [-0.2, 0) is 20.5 Å². The first-order valence-corrected chi connectivity index (χ1v) is 9.29. The summed E-state index contributed by atoms with van der Waals surface area (Å²) in [6.07, 6.45) is -0.422. The fraction of sp³-hybridized carbons (Fsp3) is 0.333. The maximum absolute atomic E-state index is 12.3. The van der Waals surface area contributed by atoms with Gasteiger partial charge in [0.05, 0.1) is 19.0 Å². The van der Waals surface area contributed by atoms with Crippen molar-refractivity contribution in [1.82, 2.24) is 4.72 Å². The van der Waals surface area contributed by atoms with Crippen LogP contribution in [0.5, 0.6) is 5.75 Å². The number of nitrogens with one attached hydrogen (secondary N) is 1. The molecule has 0 aliphatic heterocycles. The van der Waals surface area contributed by atoms with Gasteiger partial charge in [0.1, 0.15) is 5.75 Å². The molecule has 1 atom stereocenters. The fourth-order valence-electron chi connectivity index (χ4n) is 2.41. The van der Waals surface area contributed by atoms with Gasteiger partial charge in [0.15, 0.2) is 0 Å². The molecule has 24 heavy (non-hydrogen) atoms. The standard InChI is InChI=1S/C18H23NO4S/c1-14-8-10-15(11-9-14)13-24(20,21)19-12-18(23-3)16-6-4-5-7-17(16)22-2/h4-11,18-19H,12-13H2,1-3H3. The van der Waals surface area contributed by atoms with Gasteiger partial charge in [0, 0.05) is 19.2 Å². The summed E-state index contributed by atoms with van der Waals surface area (Å²) in [5.74, 6) is 0.609. The minimum absolute atomic E-state index is 0.0599. The van der Waals surface area contributed by atoms with Crippen LogP contribution in [0.3, 0.4) is 0 Å². The third-order valence-electron chi connectivity index (χ3n) is 3.74. The fourth-order valence-corrected chi connectivity index (χ4v) is 3.55. The predicted molar refractivity (Wildman–Crippen MR) is 94.5 cm³/mol. The number of benzene rings is 2. The first kappa shape index (κ1) is 18.4. The van der Waals surface area contributed by atoms with Crippen LogP contribution in [0.15, 0.2) is 48.5 Å². The molecule has 0 saturated carbocycles. The van der Waals surface area contributed by atoms with Gasteiger partial charge >= 0.3 is 0 Å². The molecular formula is C18H23NO4S. The Labute approximate surface area is 143 Å². The zero-order valence-electron chi connectivity index (χ0n) is 14.2. The lowest BCUT2D eigenvalue weighted by molar-refractivity contribution is 0.105. The summed E-state index contributed by atoms with van der Waals surface area (Å²) in [5, 5.41) is 0. The molecule has 130 valence electrons. The van der Waals surface area contributed by atoms with E-state index in [1.165, 1.54) is 0 Å². The van der Waals surface area contributed by atoms with E-state index in [1.54, 1.807) is 14.2 Å². The van der Waals surface area contributed by atoms with Crippen molar-refractivity contribution >= 4 is 10.0 Å². The molecule has 1 N–H and O–H groups in total. The SMILES string of the molecule is COc1ccccc1C(CNS(=O)(=O)Cc1ccc(C)cc1)OC. The number of aryl methyl sites for hydroxylation is 1. The summed E-state index contributed by atoms with van der Waals surface area (Å²) < 4.78 is 37.9. The molecule has 0 spiro atoms. The molecule has 0 aliphatic carbocycles. The molecule has 2 aromatic rings. The van der Waals surface area contributed by atoms with Crippen LogP contribution in [0.4, 0.5) is 0 Å². The van der Waals surface area contributed by atoms with Crippen LogP contribution in [0.1, 0.15) is 22.8 Å². The number of hydrogen-bond donors (Lipinski definition) is 1. The van der Waals surface area contributed by atoms with E-state index in [4.69, 9.17) is 9.47 Å². The molecule has 0 bridgehead atoms. The van der Waals surface area contributed by atoms with Gasteiger partial charge < -0.3 is 9.47 Å². The smallest absolute Gasteiger partial charge is 0.215 e. The van der Waals surface area contributed by atoms with Crippen molar-refractivity contribution in [2.75, 3.05) is 20.8 Å². The normalized spacial score (nSPS) is 12.8. The number of hydrogen-bond acceptors (Lipinski definition) is 4. The van der Waals surface area contributed by atoms with Crippen LogP contribution in [-0.4, -0.2) is 29.2 Å². The number of ether oxygens (including phenoxy) is 2. The quantitative estimate of drug-likeness (QED) is 0.796. The monoisotopic (exact) mass is 349 g/mol. The molecule has 0 aliphatic rings. The molecule has 0 radical (unpaired) electrons. The van der Waals surface area contributed by atoms with Crippen molar-refractivity contribution in [3.05, 3.63) is 65.2 Å². The average Bonchev–Trinajstić information content (AvgIpc) is 2.57. The van der Waals surface area contributed by atoms with Crippen LogP contribution >= 0.6 is 0 Å². The highest BCUT2D eigenvalue weighted by Gasteiger charge is 2.19. The molecule has 0 amide bonds. The van der Waals surface area contributed by atoms with Gasteiger partial charge in [0.2, 0.25) is 10.0 Å². The first-order chi connectivity index (χ1) is 11.4. The Kier molecular flexibility index (Phi) is 6.36. The predicted octanol–water partition coefficient (Wildman–Crippen LogP) is 2.81. The zero-order valence-corrected chi connectivity index (χ0v) is 15.0. The van der Waals surface area contributed by atoms with Crippen LogP contribution in [0, 0.1) is 6.92 Å². The molecule has 0 heterocycles. The highest BCUT2D eigenvalue weighted by Crippen LogP contribution is 2.26. The molecule has 2 rings (SSSR count). The Morgan fingerprint density at radius 2 is 1.71 bits per heavy atom. The van der Waals surface area contributed by atoms with E-state index >= 15 is 0 Å². The second-order valence-corrected chi connectivity index (χ2v) is 7.37. The second-order valence-electron chi connectivity index (χ2n) is 5.56. The summed E-state index contributed by atoms with van der Waals surface area (Å²) >= 11 is 0. The molecule has 0 saturated heterocycles. The van der Waals surface area contributed by atoms with E-state index in [1.807, 2.05) is 55.5 Å². The lowest BCUT2D eigenvalue weighted by Gasteiger charge is -2.19. The number of methoxy groups -OCH3 is 2. The topological polar surface area (TPSA) is 64.6 Å². The van der Waals surface area contributed by atoms with Gasteiger partial charge in [-0.1, -0.05) is 48.0 Å². The van der Waals surface area contributed by atoms with Crippen molar-refractivity contribution in [2.45, 2.75) is 18.8 Å².